The summed E-state index contributed by atoms with van der Waals surface area (Å²) in [6, 6.07) is 0.284. The standard InChI is InChI=1S/C11H20N4/c1-4-9-6-14(3)11(13-9)15-5-8(2)10(12)7-15/h6,8,10H,4-5,7,12H2,1-3H3. The number of anilines is 1. The first-order valence-electron chi connectivity index (χ1n) is 5.64. The highest BCUT2D eigenvalue weighted by Crippen LogP contribution is 2.21. The molecule has 15 heavy (non-hydrogen) atoms. The highest BCUT2D eigenvalue weighted by atomic mass is 15.3. The van der Waals surface area contributed by atoms with Gasteiger partial charge in [0.15, 0.2) is 0 Å². The van der Waals surface area contributed by atoms with Crippen LogP contribution in [0.15, 0.2) is 6.20 Å². The third-order valence-electron chi connectivity index (χ3n) is 3.22. The summed E-state index contributed by atoms with van der Waals surface area (Å²) in [5.41, 5.74) is 7.17. The molecular weight excluding hydrogens is 188 g/mol. The van der Waals surface area contributed by atoms with E-state index in [9.17, 15) is 0 Å². The average Bonchev–Trinajstić information content (AvgIpc) is 2.71. The third-order valence-corrected chi connectivity index (χ3v) is 3.22. The minimum Gasteiger partial charge on any atom is -0.340 e. The fourth-order valence-corrected chi connectivity index (χ4v) is 2.14. The average molecular weight is 208 g/mol. The molecule has 1 aliphatic heterocycles. The van der Waals surface area contributed by atoms with E-state index in [0.717, 1.165) is 31.2 Å². The van der Waals surface area contributed by atoms with E-state index in [1.165, 1.54) is 0 Å². The highest BCUT2D eigenvalue weighted by Gasteiger charge is 2.28. The van der Waals surface area contributed by atoms with Crippen molar-refractivity contribution >= 4 is 5.95 Å². The van der Waals surface area contributed by atoms with E-state index in [1.807, 2.05) is 0 Å². The molecule has 2 heterocycles. The zero-order chi connectivity index (χ0) is 11.0. The molecule has 84 valence electrons. The Morgan fingerprint density at radius 3 is 2.73 bits per heavy atom. The number of nitrogens with two attached hydrogens (primary N) is 1. The number of aryl methyl sites for hydroxylation is 2. The van der Waals surface area contributed by atoms with Crippen LogP contribution in [0.2, 0.25) is 0 Å². The Kier molecular flexibility index (Phi) is 2.69. The van der Waals surface area contributed by atoms with Crippen molar-refractivity contribution < 1.29 is 0 Å². The lowest BCUT2D eigenvalue weighted by Crippen LogP contribution is -2.29. The molecule has 4 heteroatoms. The maximum absolute atomic E-state index is 6.02. The SMILES string of the molecule is CCc1cn(C)c(N2CC(C)C(N)C2)n1. The molecule has 0 bridgehead atoms. The van der Waals surface area contributed by atoms with Gasteiger partial charge in [-0.15, -0.1) is 0 Å². The van der Waals surface area contributed by atoms with Gasteiger partial charge in [-0.05, 0) is 12.3 Å². The summed E-state index contributed by atoms with van der Waals surface area (Å²) in [5, 5.41) is 0. The number of hydrogen-bond acceptors (Lipinski definition) is 3. The van der Waals surface area contributed by atoms with Crippen molar-refractivity contribution in [3.63, 3.8) is 0 Å². The summed E-state index contributed by atoms with van der Waals surface area (Å²) in [6.07, 6.45) is 3.09. The molecule has 0 spiro atoms. The van der Waals surface area contributed by atoms with Gasteiger partial charge >= 0.3 is 0 Å². The van der Waals surface area contributed by atoms with E-state index in [-0.39, 0.29) is 6.04 Å². The van der Waals surface area contributed by atoms with Gasteiger partial charge in [-0.2, -0.15) is 0 Å². The molecule has 1 fully saturated rings. The van der Waals surface area contributed by atoms with Gasteiger partial charge in [0.25, 0.3) is 0 Å². The van der Waals surface area contributed by atoms with Gasteiger partial charge in [-0.25, -0.2) is 4.98 Å². The lowest BCUT2D eigenvalue weighted by Gasteiger charge is -2.16. The number of aromatic nitrogens is 2. The normalized spacial score (nSPS) is 26.3. The van der Waals surface area contributed by atoms with Gasteiger partial charge in [0.05, 0.1) is 5.69 Å². The minimum absolute atomic E-state index is 0.284. The van der Waals surface area contributed by atoms with Crippen molar-refractivity contribution in [1.29, 1.82) is 0 Å². The zero-order valence-electron chi connectivity index (χ0n) is 9.77. The van der Waals surface area contributed by atoms with Gasteiger partial charge in [0.2, 0.25) is 5.95 Å². The fraction of sp³-hybridized carbons (Fsp3) is 0.727. The second-order valence-corrected chi connectivity index (χ2v) is 4.54. The summed E-state index contributed by atoms with van der Waals surface area (Å²) in [7, 11) is 2.05. The fourth-order valence-electron chi connectivity index (χ4n) is 2.14. The van der Waals surface area contributed by atoms with Gasteiger partial charge in [0, 0.05) is 32.4 Å². The van der Waals surface area contributed by atoms with E-state index >= 15 is 0 Å². The third kappa shape index (κ3) is 1.86. The molecule has 2 N–H and O–H groups in total. The van der Waals surface area contributed by atoms with E-state index < -0.39 is 0 Å². The highest BCUT2D eigenvalue weighted by molar-refractivity contribution is 5.36. The largest absolute Gasteiger partial charge is 0.340 e. The van der Waals surface area contributed by atoms with Crippen LogP contribution in [0, 0.1) is 5.92 Å². The number of hydrogen-bond donors (Lipinski definition) is 1. The first-order valence-corrected chi connectivity index (χ1v) is 5.64. The Balaban J connectivity index is 2.19. The Hall–Kier alpha value is -1.03. The van der Waals surface area contributed by atoms with Gasteiger partial charge in [-0.1, -0.05) is 13.8 Å². The van der Waals surface area contributed by atoms with Crippen molar-refractivity contribution in [3.8, 4) is 0 Å². The molecule has 0 radical (unpaired) electrons. The summed E-state index contributed by atoms with van der Waals surface area (Å²) in [6.45, 7) is 6.28. The minimum atomic E-state index is 0.284. The van der Waals surface area contributed by atoms with E-state index in [2.05, 4.69) is 41.5 Å². The van der Waals surface area contributed by atoms with Crippen LogP contribution in [0.3, 0.4) is 0 Å². The first-order chi connectivity index (χ1) is 7.11. The summed E-state index contributed by atoms with van der Waals surface area (Å²) >= 11 is 0. The Morgan fingerprint density at radius 2 is 2.27 bits per heavy atom. The molecule has 1 aromatic heterocycles. The van der Waals surface area contributed by atoms with Crippen LogP contribution in [-0.2, 0) is 13.5 Å². The van der Waals surface area contributed by atoms with Crippen molar-refractivity contribution in [2.24, 2.45) is 18.7 Å². The second kappa shape index (κ2) is 3.85. The molecule has 0 aromatic carbocycles. The molecule has 2 unspecified atom stereocenters. The second-order valence-electron chi connectivity index (χ2n) is 4.54. The van der Waals surface area contributed by atoms with E-state index in [0.29, 0.717) is 5.92 Å². The van der Waals surface area contributed by atoms with Gasteiger partial charge in [0.1, 0.15) is 0 Å². The van der Waals surface area contributed by atoms with E-state index in [4.69, 9.17) is 5.73 Å². The van der Waals surface area contributed by atoms with Crippen molar-refractivity contribution in [2.45, 2.75) is 26.3 Å². The molecule has 0 amide bonds. The van der Waals surface area contributed by atoms with Crippen molar-refractivity contribution in [3.05, 3.63) is 11.9 Å². The van der Waals surface area contributed by atoms with E-state index in [1.54, 1.807) is 0 Å². The molecule has 2 atom stereocenters. The van der Waals surface area contributed by atoms with Gasteiger partial charge < -0.3 is 15.2 Å². The topological polar surface area (TPSA) is 47.1 Å². The maximum Gasteiger partial charge on any atom is 0.205 e. The van der Waals surface area contributed by atoms with Crippen LogP contribution in [0.4, 0.5) is 5.95 Å². The quantitative estimate of drug-likeness (QED) is 0.780. The van der Waals surface area contributed by atoms with Crippen molar-refractivity contribution in [1.82, 2.24) is 9.55 Å². The first kappa shape index (κ1) is 10.5. The number of imidazole rings is 1. The smallest absolute Gasteiger partial charge is 0.205 e. The Bertz CT molecular complexity index is 334. The van der Waals surface area contributed by atoms with Crippen LogP contribution < -0.4 is 10.6 Å². The molecule has 0 aliphatic carbocycles. The molecule has 0 saturated carbocycles. The molecule has 1 aromatic rings. The molecule has 4 nitrogen and oxygen atoms in total. The summed E-state index contributed by atoms with van der Waals surface area (Å²) in [5.74, 6) is 1.62. The molecule has 2 rings (SSSR count). The molecule has 1 saturated heterocycles. The predicted molar refractivity (Wildman–Crippen MR) is 61.9 cm³/mol. The monoisotopic (exact) mass is 208 g/mol. The predicted octanol–water partition coefficient (Wildman–Crippen LogP) is 0.766. The summed E-state index contributed by atoms with van der Waals surface area (Å²) < 4.78 is 2.10. The van der Waals surface area contributed by atoms with Gasteiger partial charge in [-0.3, -0.25) is 0 Å². The van der Waals surface area contributed by atoms with Crippen LogP contribution in [-0.4, -0.2) is 28.7 Å². The van der Waals surface area contributed by atoms with Crippen LogP contribution >= 0.6 is 0 Å². The number of nitrogens with zero attached hydrogens (tertiary/aromatic N) is 3. The van der Waals surface area contributed by atoms with Crippen molar-refractivity contribution in [2.75, 3.05) is 18.0 Å². The molecular formula is C11H20N4. The number of rotatable bonds is 2. The van der Waals surface area contributed by atoms with Crippen LogP contribution in [0.25, 0.3) is 0 Å². The van der Waals surface area contributed by atoms with Crippen LogP contribution in [0.1, 0.15) is 19.5 Å². The zero-order valence-corrected chi connectivity index (χ0v) is 9.77. The lowest BCUT2D eigenvalue weighted by molar-refractivity contribution is 0.565. The van der Waals surface area contributed by atoms with Crippen LogP contribution in [0.5, 0.6) is 0 Å². The summed E-state index contributed by atoms with van der Waals surface area (Å²) in [4.78, 5) is 6.90. The Morgan fingerprint density at radius 1 is 1.53 bits per heavy atom. The maximum atomic E-state index is 6.02. The molecule has 1 aliphatic rings. The Labute approximate surface area is 91.1 Å². The lowest BCUT2D eigenvalue weighted by atomic mass is 10.1.